The van der Waals surface area contributed by atoms with Gasteiger partial charge in [0.25, 0.3) is 0 Å². The molecular formula is C22H25F2N3O3. The van der Waals surface area contributed by atoms with Gasteiger partial charge in [-0.15, -0.1) is 0 Å². The number of rotatable bonds is 9. The van der Waals surface area contributed by atoms with E-state index in [1.165, 1.54) is 6.92 Å². The van der Waals surface area contributed by atoms with Gasteiger partial charge in [0, 0.05) is 32.0 Å². The summed E-state index contributed by atoms with van der Waals surface area (Å²) in [4.78, 5) is 17.6. The number of benzene rings is 1. The fourth-order valence-electron chi connectivity index (χ4n) is 3.16. The van der Waals surface area contributed by atoms with Crippen LogP contribution in [0, 0.1) is 0 Å². The van der Waals surface area contributed by atoms with Gasteiger partial charge in [-0.05, 0) is 42.0 Å². The molecule has 3 rings (SSSR count). The van der Waals surface area contributed by atoms with Crippen LogP contribution in [0.4, 0.5) is 14.6 Å². The first-order valence-electron chi connectivity index (χ1n) is 9.76. The van der Waals surface area contributed by atoms with Gasteiger partial charge in [0.05, 0.1) is 19.3 Å². The zero-order valence-electron chi connectivity index (χ0n) is 16.8. The van der Waals surface area contributed by atoms with Crippen LogP contribution in [0.15, 0.2) is 49.2 Å². The van der Waals surface area contributed by atoms with Gasteiger partial charge in [0.1, 0.15) is 23.4 Å². The molecule has 6 nitrogen and oxygen atoms in total. The largest absolute Gasteiger partial charge is 0.492 e. The van der Waals surface area contributed by atoms with E-state index in [1.54, 1.807) is 12.3 Å². The van der Waals surface area contributed by atoms with Crippen LogP contribution in [-0.2, 0) is 4.79 Å². The zero-order chi connectivity index (χ0) is 21.5. The Labute approximate surface area is 174 Å². The van der Waals surface area contributed by atoms with Crippen molar-refractivity contribution in [3.63, 3.8) is 0 Å². The summed E-state index contributed by atoms with van der Waals surface area (Å²) in [6.45, 7) is 6.75. The minimum Gasteiger partial charge on any atom is -0.492 e. The molecule has 0 saturated carbocycles. The molecule has 0 spiro atoms. The van der Waals surface area contributed by atoms with E-state index in [0.717, 1.165) is 30.1 Å². The van der Waals surface area contributed by atoms with Crippen LogP contribution in [-0.4, -0.2) is 43.1 Å². The van der Waals surface area contributed by atoms with E-state index in [2.05, 4.69) is 21.8 Å². The Morgan fingerprint density at radius 1 is 1.27 bits per heavy atom. The number of anilines is 1. The molecule has 1 aliphatic heterocycles. The second-order valence-corrected chi connectivity index (χ2v) is 7.04. The lowest BCUT2D eigenvalue weighted by molar-refractivity contribution is -0.117. The van der Waals surface area contributed by atoms with Crippen LogP contribution < -0.4 is 19.7 Å². The maximum Gasteiger partial charge on any atom is 0.241 e. The molecular weight excluding hydrogens is 392 g/mol. The van der Waals surface area contributed by atoms with Gasteiger partial charge in [0.2, 0.25) is 12.3 Å². The number of carbonyl (C=O) groups is 1. The smallest absolute Gasteiger partial charge is 0.241 e. The van der Waals surface area contributed by atoms with Crippen molar-refractivity contribution in [2.24, 2.45) is 0 Å². The number of nitrogens with zero attached hydrogens (tertiary/aromatic N) is 2. The highest BCUT2D eigenvalue weighted by atomic mass is 19.3. The van der Waals surface area contributed by atoms with Crippen molar-refractivity contribution in [3.05, 3.63) is 54.7 Å². The Bertz CT molecular complexity index is 857. The van der Waals surface area contributed by atoms with Gasteiger partial charge in [-0.2, -0.15) is 0 Å². The van der Waals surface area contributed by atoms with Crippen molar-refractivity contribution < 1.29 is 23.0 Å². The number of pyridine rings is 1. The Morgan fingerprint density at radius 3 is 2.63 bits per heavy atom. The van der Waals surface area contributed by atoms with E-state index in [9.17, 15) is 13.6 Å². The number of hydrogen-bond acceptors (Lipinski definition) is 5. The van der Waals surface area contributed by atoms with Crippen molar-refractivity contribution in [2.45, 2.75) is 32.3 Å². The molecule has 1 fully saturated rings. The second kappa shape index (κ2) is 10.0. The molecule has 0 unspecified atom stereocenters. The number of amides is 1. The van der Waals surface area contributed by atoms with Gasteiger partial charge >= 0.3 is 0 Å². The fraction of sp³-hybridized carbons (Fsp3) is 0.364. The zero-order valence-corrected chi connectivity index (χ0v) is 16.8. The Balaban J connectivity index is 1.49. The topological polar surface area (TPSA) is 63.7 Å². The molecule has 1 aromatic carbocycles. The highest BCUT2D eigenvalue weighted by molar-refractivity contribution is 5.84. The minimum absolute atomic E-state index is 0.0261. The maximum atomic E-state index is 12.2. The third-order valence-corrected chi connectivity index (χ3v) is 4.63. The van der Waals surface area contributed by atoms with Crippen LogP contribution >= 0.6 is 0 Å². The number of carbonyl (C=O) groups excluding carboxylic acids is 1. The number of aromatic nitrogens is 1. The molecule has 1 N–H and O–H groups in total. The predicted molar refractivity (Wildman–Crippen MR) is 111 cm³/mol. The Morgan fingerprint density at radius 2 is 2.00 bits per heavy atom. The highest BCUT2D eigenvalue weighted by Gasteiger charge is 2.25. The molecule has 1 amide bonds. The summed E-state index contributed by atoms with van der Waals surface area (Å²) in [5, 5.41) is 2.67. The van der Waals surface area contributed by atoms with E-state index in [1.807, 2.05) is 30.3 Å². The van der Waals surface area contributed by atoms with Gasteiger partial charge in [-0.25, -0.2) is 13.8 Å². The minimum atomic E-state index is -2.37. The fourth-order valence-corrected chi connectivity index (χ4v) is 3.16. The van der Waals surface area contributed by atoms with Crippen molar-refractivity contribution >= 4 is 17.4 Å². The van der Waals surface area contributed by atoms with E-state index in [4.69, 9.17) is 9.47 Å². The van der Waals surface area contributed by atoms with Crippen LogP contribution in [0.1, 0.15) is 25.3 Å². The summed E-state index contributed by atoms with van der Waals surface area (Å²) in [6, 6.07) is 11.0. The number of halogens is 2. The van der Waals surface area contributed by atoms with Crippen LogP contribution in [0.5, 0.6) is 11.5 Å². The highest BCUT2D eigenvalue weighted by Crippen LogP contribution is 2.24. The summed E-state index contributed by atoms with van der Waals surface area (Å²) in [6.07, 6.45) is -0.233. The average molecular weight is 417 g/mol. The molecule has 30 heavy (non-hydrogen) atoms. The maximum absolute atomic E-state index is 12.2. The van der Waals surface area contributed by atoms with Crippen molar-refractivity contribution in [2.75, 3.05) is 24.6 Å². The van der Waals surface area contributed by atoms with Gasteiger partial charge in [-0.1, -0.05) is 6.58 Å². The lowest BCUT2D eigenvalue weighted by Crippen LogP contribution is -2.25. The first kappa shape index (κ1) is 21.5. The molecule has 8 heteroatoms. The van der Waals surface area contributed by atoms with Crippen LogP contribution in [0.3, 0.4) is 0 Å². The Kier molecular flexibility index (Phi) is 7.21. The number of alkyl halides is 2. The van der Waals surface area contributed by atoms with E-state index in [0.29, 0.717) is 18.0 Å². The SMILES string of the molecule is C=C(NC(C)=O)c1ccc(O[C@@H]2CCN(c3ccc(OCCC(F)F)cn3)C2)cc1. The summed E-state index contributed by atoms with van der Waals surface area (Å²) in [5.74, 6) is 1.86. The third kappa shape index (κ3) is 6.17. The monoisotopic (exact) mass is 417 g/mol. The molecule has 1 aliphatic rings. The quantitative estimate of drug-likeness (QED) is 0.671. The summed E-state index contributed by atoms with van der Waals surface area (Å²) >= 11 is 0. The molecule has 2 aromatic rings. The number of nitrogens with one attached hydrogen (secondary N) is 1. The van der Waals surface area contributed by atoms with Crippen molar-refractivity contribution in [1.29, 1.82) is 0 Å². The molecule has 2 heterocycles. The average Bonchev–Trinajstić information content (AvgIpc) is 3.17. The molecule has 0 bridgehead atoms. The van der Waals surface area contributed by atoms with E-state index in [-0.39, 0.29) is 25.0 Å². The lowest BCUT2D eigenvalue weighted by atomic mass is 10.1. The first-order chi connectivity index (χ1) is 14.4. The summed E-state index contributed by atoms with van der Waals surface area (Å²) < 4.78 is 35.7. The summed E-state index contributed by atoms with van der Waals surface area (Å²) in [7, 11) is 0. The number of ether oxygens (including phenoxy) is 2. The van der Waals surface area contributed by atoms with E-state index >= 15 is 0 Å². The van der Waals surface area contributed by atoms with Crippen molar-refractivity contribution in [1.82, 2.24) is 10.3 Å². The molecule has 160 valence electrons. The third-order valence-electron chi connectivity index (χ3n) is 4.63. The van der Waals surface area contributed by atoms with Gasteiger partial charge < -0.3 is 19.7 Å². The molecule has 1 saturated heterocycles. The Hall–Kier alpha value is -3.16. The number of hydrogen-bond donors (Lipinski definition) is 1. The molecule has 1 aromatic heterocycles. The lowest BCUT2D eigenvalue weighted by Gasteiger charge is -2.18. The van der Waals surface area contributed by atoms with Crippen molar-refractivity contribution in [3.8, 4) is 11.5 Å². The van der Waals surface area contributed by atoms with Gasteiger partial charge in [0.15, 0.2) is 0 Å². The normalized spacial score (nSPS) is 15.9. The first-order valence-corrected chi connectivity index (χ1v) is 9.76. The molecule has 0 radical (unpaired) electrons. The van der Waals surface area contributed by atoms with Crippen LogP contribution in [0.25, 0.3) is 5.70 Å². The molecule has 0 aliphatic carbocycles. The summed E-state index contributed by atoms with van der Waals surface area (Å²) in [5.41, 5.74) is 1.37. The second-order valence-electron chi connectivity index (χ2n) is 7.04. The predicted octanol–water partition coefficient (Wildman–Crippen LogP) is 3.88. The van der Waals surface area contributed by atoms with E-state index < -0.39 is 6.43 Å². The van der Waals surface area contributed by atoms with Crippen LogP contribution in [0.2, 0.25) is 0 Å². The standard InChI is InChI=1S/C22H25F2N3O3/c1-15(26-16(2)28)17-3-5-18(6-4-17)30-20-9-11-27(14-20)22-8-7-19(13-25-22)29-12-10-21(23)24/h3-8,13,20-21H,1,9-12,14H2,2H3,(H,26,28)/t20-/m1/s1. The molecule has 1 atom stereocenters. The van der Waals surface area contributed by atoms with Gasteiger partial charge in [-0.3, -0.25) is 4.79 Å².